The minimum Gasteiger partial charge on any atom is -0.478 e. The number of amides is 1. The van der Waals surface area contributed by atoms with E-state index in [0.29, 0.717) is 24.9 Å². The first-order chi connectivity index (χ1) is 15.7. The van der Waals surface area contributed by atoms with E-state index in [1.54, 1.807) is 12.1 Å². The Morgan fingerprint density at radius 3 is 2.61 bits per heavy atom. The minimum atomic E-state index is -3.88. The number of hydrogen-bond acceptors (Lipinski definition) is 6. The molecule has 1 fully saturated rings. The molecule has 3 aromatic rings. The highest BCUT2D eigenvalue weighted by Gasteiger charge is 2.33. The molecule has 0 spiro atoms. The lowest BCUT2D eigenvalue weighted by Crippen LogP contribution is -2.45. The predicted octanol–water partition coefficient (Wildman–Crippen LogP) is 1.55. The van der Waals surface area contributed by atoms with Gasteiger partial charge < -0.3 is 14.8 Å². The fourth-order valence-electron chi connectivity index (χ4n) is 3.90. The highest BCUT2D eigenvalue weighted by atomic mass is 32.2. The van der Waals surface area contributed by atoms with Crippen molar-refractivity contribution in [3.05, 3.63) is 64.1 Å². The molecule has 1 saturated heterocycles. The average molecular weight is 474 g/mol. The number of nitrogens with one attached hydrogen (secondary N) is 1. The molecule has 0 aliphatic carbocycles. The first-order valence-corrected chi connectivity index (χ1v) is 11.8. The van der Waals surface area contributed by atoms with Gasteiger partial charge in [0.25, 0.3) is 0 Å². The maximum absolute atomic E-state index is 13.2. The van der Waals surface area contributed by atoms with E-state index in [0.717, 1.165) is 5.56 Å². The molecule has 11 heteroatoms. The Morgan fingerprint density at radius 2 is 1.91 bits per heavy atom. The smallest absolute Gasteiger partial charge is 0.419 e. The van der Waals surface area contributed by atoms with Gasteiger partial charge in [-0.25, -0.2) is 18.0 Å². The van der Waals surface area contributed by atoms with E-state index in [4.69, 9.17) is 9.52 Å². The molecular formula is C22H23N3O7S. The van der Waals surface area contributed by atoms with E-state index in [1.807, 2.05) is 0 Å². The number of aryl methyl sites for hydroxylation is 1. The molecule has 2 N–H and O–H groups in total. The number of sulfonamides is 1. The quantitative estimate of drug-likeness (QED) is 0.554. The van der Waals surface area contributed by atoms with Gasteiger partial charge in [0, 0.05) is 32.7 Å². The Balaban J connectivity index is 1.44. The number of oxazole rings is 1. The van der Waals surface area contributed by atoms with Crippen molar-refractivity contribution in [1.82, 2.24) is 14.2 Å². The van der Waals surface area contributed by atoms with Gasteiger partial charge in [-0.3, -0.25) is 9.36 Å². The Hall–Kier alpha value is -3.44. The number of benzene rings is 2. The number of rotatable bonds is 6. The van der Waals surface area contributed by atoms with E-state index in [-0.39, 0.29) is 35.0 Å². The Bertz CT molecular complexity index is 1370. The summed E-state index contributed by atoms with van der Waals surface area (Å²) in [6, 6.07) is 10.5. The molecule has 4 rings (SSSR count). The van der Waals surface area contributed by atoms with Crippen LogP contribution in [0.5, 0.6) is 0 Å². The lowest BCUT2D eigenvalue weighted by atomic mass is 9.98. The summed E-state index contributed by atoms with van der Waals surface area (Å²) < 4.78 is 34.0. The number of carbonyl (C=O) groups is 2. The third kappa shape index (κ3) is 4.55. The predicted molar refractivity (Wildman–Crippen MR) is 118 cm³/mol. The molecule has 1 atom stereocenters. The van der Waals surface area contributed by atoms with Crippen LogP contribution in [-0.4, -0.2) is 47.4 Å². The minimum absolute atomic E-state index is 0.00364. The lowest BCUT2D eigenvalue weighted by Gasteiger charge is -2.31. The molecule has 0 saturated carbocycles. The lowest BCUT2D eigenvalue weighted by molar-refractivity contribution is -0.126. The summed E-state index contributed by atoms with van der Waals surface area (Å²) in [5.74, 6) is -2.37. The van der Waals surface area contributed by atoms with Gasteiger partial charge in [0.05, 0.1) is 21.9 Å². The molecular weight excluding hydrogens is 450 g/mol. The molecule has 1 amide bonds. The number of nitrogens with zero attached hydrogens (tertiary/aromatic N) is 2. The van der Waals surface area contributed by atoms with E-state index in [1.165, 1.54) is 46.3 Å². The summed E-state index contributed by atoms with van der Waals surface area (Å²) >= 11 is 0. The van der Waals surface area contributed by atoms with Crippen LogP contribution in [0.2, 0.25) is 0 Å². The standard InChI is InChI=1S/C22H23N3O7S/c1-24-18-9-8-17(11-19(18)32-22(24)29)33(30,31)25-10-2-3-16(13-25)20(26)23-12-14-4-6-15(7-5-14)21(27)28/h4-9,11,16H,2-3,10,12-13H2,1H3,(H,23,26)(H,27,28). The first kappa shape index (κ1) is 22.7. The van der Waals surface area contributed by atoms with Crippen LogP contribution in [0.15, 0.2) is 56.6 Å². The number of fused-ring (bicyclic) bond motifs is 1. The molecule has 1 aliphatic rings. The number of aromatic carboxylic acids is 1. The highest BCUT2D eigenvalue weighted by Crippen LogP contribution is 2.26. The zero-order valence-electron chi connectivity index (χ0n) is 17.9. The van der Waals surface area contributed by atoms with Crippen molar-refractivity contribution in [2.75, 3.05) is 13.1 Å². The van der Waals surface area contributed by atoms with Crippen molar-refractivity contribution in [3.8, 4) is 0 Å². The van der Waals surface area contributed by atoms with Gasteiger partial charge in [-0.1, -0.05) is 12.1 Å². The van der Waals surface area contributed by atoms with Crippen LogP contribution in [0.1, 0.15) is 28.8 Å². The van der Waals surface area contributed by atoms with Crippen molar-refractivity contribution in [3.63, 3.8) is 0 Å². The SMILES string of the molecule is Cn1c(=O)oc2cc(S(=O)(=O)N3CCCC(C(=O)NCc4ccc(C(=O)O)cc4)C3)ccc21. The van der Waals surface area contributed by atoms with Crippen molar-refractivity contribution in [2.45, 2.75) is 24.3 Å². The topological polar surface area (TPSA) is 139 Å². The Labute approximate surface area is 189 Å². The van der Waals surface area contributed by atoms with E-state index < -0.39 is 27.7 Å². The van der Waals surface area contributed by atoms with Gasteiger partial charge in [-0.2, -0.15) is 4.31 Å². The zero-order valence-corrected chi connectivity index (χ0v) is 18.7. The summed E-state index contributed by atoms with van der Waals surface area (Å²) in [5.41, 5.74) is 1.58. The first-order valence-electron chi connectivity index (χ1n) is 10.4. The Kier molecular flexibility index (Phi) is 6.09. The summed E-state index contributed by atoms with van der Waals surface area (Å²) in [4.78, 5) is 35.3. The van der Waals surface area contributed by atoms with Gasteiger partial charge in [0.2, 0.25) is 15.9 Å². The molecule has 2 aromatic carbocycles. The molecule has 1 aliphatic heterocycles. The summed E-state index contributed by atoms with van der Waals surface area (Å²) in [6.45, 7) is 0.550. The molecule has 0 radical (unpaired) electrons. The second-order valence-corrected chi connectivity index (χ2v) is 9.92. The van der Waals surface area contributed by atoms with Crippen LogP contribution in [0, 0.1) is 5.92 Å². The van der Waals surface area contributed by atoms with Crippen LogP contribution in [0.25, 0.3) is 11.1 Å². The van der Waals surface area contributed by atoms with Crippen LogP contribution in [0.4, 0.5) is 0 Å². The monoisotopic (exact) mass is 473 g/mol. The molecule has 33 heavy (non-hydrogen) atoms. The number of hydrogen-bond donors (Lipinski definition) is 2. The molecule has 174 valence electrons. The third-order valence-electron chi connectivity index (χ3n) is 5.82. The van der Waals surface area contributed by atoms with Crippen molar-refractivity contribution >= 4 is 33.0 Å². The third-order valence-corrected chi connectivity index (χ3v) is 7.69. The molecule has 2 heterocycles. The summed E-state index contributed by atoms with van der Waals surface area (Å²) in [5, 5.41) is 11.8. The number of carboxylic acids is 1. The van der Waals surface area contributed by atoms with Gasteiger partial charge in [0.1, 0.15) is 0 Å². The normalized spacial score (nSPS) is 17.2. The van der Waals surface area contributed by atoms with E-state index >= 15 is 0 Å². The molecule has 10 nitrogen and oxygen atoms in total. The Morgan fingerprint density at radius 1 is 1.18 bits per heavy atom. The molecule has 0 bridgehead atoms. The van der Waals surface area contributed by atoms with Crippen LogP contribution in [-0.2, 0) is 28.4 Å². The van der Waals surface area contributed by atoms with Gasteiger partial charge in [-0.15, -0.1) is 0 Å². The maximum atomic E-state index is 13.2. The van der Waals surface area contributed by atoms with Crippen molar-refractivity contribution in [2.24, 2.45) is 13.0 Å². The number of carbonyl (C=O) groups excluding carboxylic acids is 1. The number of piperidine rings is 1. The zero-order chi connectivity index (χ0) is 23.8. The van der Waals surface area contributed by atoms with E-state index in [9.17, 15) is 22.8 Å². The van der Waals surface area contributed by atoms with Gasteiger partial charge in [-0.05, 0) is 42.7 Å². The number of carboxylic acid groups (broad SMARTS) is 1. The second kappa shape index (κ2) is 8.83. The maximum Gasteiger partial charge on any atom is 0.419 e. The number of aromatic nitrogens is 1. The highest BCUT2D eigenvalue weighted by molar-refractivity contribution is 7.89. The van der Waals surface area contributed by atoms with Gasteiger partial charge >= 0.3 is 11.7 Å². The van der Waals surface area contributed by atoms with Crippen LogP contribution in [0.3, 0.4) is 0 Å². The van der Waals surface area contributed by atoms with Crippen molar-refractivity contribution in [1.29, 1.82) is 0 Å². The fourth-order valence-corrected chi connectivity index (χ4v) is 5.44. The van der Waals surface area contributed by atoms with Crippen LogP contribution < -0.4 is 11.1 Å². The van der Waals surface area contributed by atoms with Gasteiger partial charge in [0.15, 0.2) is 5.58 Å². The van der Waals surface area contributed by atoms with Crippen molar-refractivity contribution < 1.29 is 27.5 Å². The largest absolute Gasteiger partial charge is 0.478 e. The molecule has 1 aromatic heterocycles. The molecule has 1 unspecified atom stereocenters. The summed E-state index contributed by atoms with van der Waals surface area (Å²) in [7, 11) is -2.34. The van der Waals surface area contributed by atoms with Crippen LogP contribution >= 0.6 is 0 Å². The fraction of sp³-hybridized carbons (Fsp3) is 0.318. The summed E-state index contributed by atoms with van der Waals surface area (Å²) in [6.07, 6.45) is 1.09. The second-order valence-electron chi connectivity index (χ2n) is 7.98. The van der Waals surface area contributed by atoms with E-state index in [2.05, 4.69) is 5.32 Å². The average Bonchev–Trinajstić information content (AvgIpc) is 3.10.